The first-order valence-electron chi connectivity index (χ1n) is 4.47. The summed E-state index contributed by atoms with van der Waals surface area (Å²) in [5, 5.41) is 26.5. The van der Waals surface area contributed by atoms with Crippen LogP contribution in [0.4, 0.5) is 0 Å². The lowest BCUT2D eigenvalue weighted by Gasteiger charge is -2.27. The minimum absolute atomic E-state index is 0.116. The van der Waals surface area contributed by atoms with E-state index in [1.165, 1.54) is 0 Å². The maximum absolute atomic E-state index is 11.3. The first-order chi connectivity index (χ1) is 6.09. The van der Waals surface area contributed by atoms with Gasteiger partial charge in [0.05, 0.1) is 5.41 Å². The average molecular weight is 206 g/mol. The largest absolute Gasteiger partial charge is 0.453 e. The van der Waals surface area contributed by atoms with E-state index in [0.717, 1.165) is 0 Å². The molecule has 0 bridgehead atoms. The van der Waals surface area contributed by atoms with Crippen LogP contribution in [0.3, 0.4) is 0 Å². The van der Waals surface area contributed by atoms with Crippen LogP contribution in [0.5, 0.6) is 0 Å². The summed E-state index contributed by atoms with van der Waals surface area (Å²) in [6.07, 6.45) is -1.21. The molecule has 5 nitrogen and oxygen atoms in total. The molecule has 0 aliphatic rings. The van der Waals surface area contributed by atoms with E-state index >= 15 is 0 Å². The normalized spacial score (nSPS) is 15.1. The van der Waals surface area contributed by atoms with E-state index in [2.05, 4.69) is 0 Å². The van der Waals surface area contributed by atoms with E-state index < -0.39 is 23.5 Å². The van der Waals surface area contributed by atoms with E-state index in [1.54, 1.807) is 27.7 Å². The van der Waals surface area contributed by atoms with Gasteiger partial charge in [0.15, 0.2) is 6.10 Å². The van der Waals surface area contributed by atoms with Crippen molar-refractivity contribution in [3.8, 4) is 0 Å². The van der Waals surface area contributed by atoms with E-state index in [0.29, 0.717) is 0 Å². The van der Waals surface area contributed by atoms with Crippen molar-refractivity contribution in [1.82, 2.24) is 0 Å². The molecule has 1 atom stereocenters. The molecule has 0 amide bonds. The molecule has 0 saturated carbocycles. The van der Waals surface area contributed by atoms with Crippen LogP contribution in [0.2, 0.25) is 0 Å². The van der Waals surface area contributed by atoms with Gasteiger partial charge in [-0.1, -0.05) is 6.92 Å². The van der Waals surface area contributed by atoms with Crippen molar-refractivity contribution in [2.24, 2.45) is 5.41 Å². The second-order valence-electron chi connectivity index (χ2n) is 4.24. The van der Waals surface area contributed by atoms with Crippen molar-refractivity contribution in [3.05, 3.63) is 0 Å². The van der Waals surface area contributed by atoms with Gasteiger partial charge in [-0.15, -0.1) is 0 Å². The monoisotopic (exact) mass is 206 g/mol. The molecule has 0 aromatic rings. The Bertz CT molecular complexity index is 198. The van der Waals surface area contributed by atoms with Crippen LogP contribution in [0.25, 0.3) is 0 Å². The van der Waals surface area contributed by atoms with Gasteiger partial charge >= 0.3 is 11.9 Å². The average Bonchev–Trinajstić information content (AvgIpc) is 1.95. The molecule has 0 aromatic carbocycles. The zero-order valence-corrected chi connectivity index (χ0v) is 8.94. The van der Waals surface area contributed by atoms with Gasteiger partial charge in [0.2, 0.25) is 0 Å². The summed E-state index contributed by atoms with van der Waals surface area (Å²) >= 11 is 0. The molecule has 14 heavy (non-hydrogen) atoms. The van der Waals surface area contributed by atoms with E-state index in [1.807, 2.05) is 0 Å². The third-order valence-corrected chi connectivity index (χ3v) is 1.66. The van der Waals surface area contributed by atoms with Crippen LogP contribution >= 0.6 is 0 Å². The lowest BCUT2D eigenvalue weighted by molar-refractivity contribution is -0.356. The number of carbonyl (C=O) groups is 1. The Morgan fingerprint density at radius 2 is 1.71 bits per heavy atom. The molecule has 0 aliphatic heterocycles. The number of ether oxygens (including phenoxy) is 1. The highest BCUT2D eigenvalue weighted by molar-refractivity contribution is 5.75. The molecule has 84 valence electrons. The van der Waals surface area contributed by atoms with Crippen molar-refractivity contribution in [2.75, 3.05) is 0 Å². The number of carbonyl (C=O) groups excluding carboxylic acids is 1. The van der Waals surface area contributed by atoms with Crippen molar-refractivity contribution in [2.45, 2.75) is 46.2 Å². The van der Waals surface area contributed by atoms with Gasteiger partial charge < -0.3 is 20.1 Å². The van der Waals surface area contributed by atoms with Crippen molar-refractivity contribution >= 4 is 5.97 Å². The molecule has 0 heterocycles. The maximum Gasteiger partial charge on any atom is 0.314 e. The molecule has 3 N–H and O–H groups in total. The Labute approximate surface area is 83.3 Å². The number of aliphatic hydroxyl groups is 3. The first-order valence-corrected chi connectivity index (χ1v) is 4.47. The highest BCUT2D eigenvalue weighted by Crippen LogP contribution is 2.20. The van der Waals surface area contributed by atoms with Crippen LogP contribution < -0.4 is 0 Å². The maximum atomic E-state index is 11.3. The third kappa shape index (κ3) is 4.04. The van der Waals surface area contributed by atoms with Crippen molar-refractivity contribution < 1.29 is 24.9 Å². The molecule has 0 aromatic heterocycles. The highest BCUT2D eigenvalue weighted by Gasteiger charge is 2.36. The second-order valence-corrected chi connectivity index (χ2v) is 4.24. The third-order valence-electron chi connectivity index (χ3n) is 1.66. The summed E-state index contributed by atoms with van der Waals surface area (Å²) in [7, 11) is 0. The fourth-order valence-electron chi connectivity index (χ4n) is 0.742. The van der Waals surface area contributed by atoms with Gasteiger partial charge in [-0.25, -0.2) is 0 Å². The number of esters is 1. The zero-order chi connectivity index (χ0) is 11.6. The number of rotatable bonds is 3. The van der Waals surface area contributed by atoms with Gasteiger partial charge in [-0.05, 0) is 27.2 Å². The molecule has 0 saturated heterocycles. The van der Waals surface area contributed by atoms with Gasteiger partial charge in [0, 0.05) is 0 Å². The van der Waals surface area contributed by atoms with Crippen LogP contribution in [0.1, 0.15) is 34.1 Å². The first kappa shape index (κ1) is 13.4. The van der Waals surface area contributed by atoms with Gasteiger partial charge in [0.25, 0.3) is 0 Å². The lowest BCUT2D eigenvalue weighted by Crippen LogP contribution is -2.45. The van der Waals surface area contributed by atoms with E-state index in [4.69, 9.17) is 20.1 Å². The predicted octanol–water partition coefficient (Wildman–Crippen LogP) is -0.0150. The topological polar surface area (TPSA) is 87.0 Å². The Morgan fingerprint density at radius 1 is 1.29 bits per heavy atom. The molecule has 0 fully saturated rings. The Hall–Kier alpha value is -0.650. The Morgan fingerprint density at radius 3 is 1.93 bits per heavy atom. The highest BCUT2D eigenvalue weighted by atomic mass is 16.7. The molecular weight excluding hydrogens is 188 g/mol. The SMILES string of the molecule is CCC(OC(=O)C(C)(C)C)C(O)(O)O. The lowest BCUT2D eigenvalue weighted by atomic mass is 9.97. The standard InChI is InChI=1S/C9H18O5/c1-5-6(9(11,12)13)14-7(10)8(2,3)4/h6,11-13H,5H2,1-4H3. The summed E-state index contributed by atoms with van der Waals surface area (Å²) < 4.78 is 4.74. The molecule has 1 unspecified atom stereocenters. The van der Waals surface area contributed by atoms with E-state index in [9.17, 15) is 4.79 Å². The van der Waals surface area contributed by atoms with Gasteiger partial charge in [-0.3, -0.25) is 4.79 Å². The Balaban J connectivity index is 4.43. The molecular formula is C9H18O5. The predicted molar refractivity (Wildman–Crippen MR) is 49.0 cm³/mol. The van der Waals surface area contributed by atoms with Crippen molar-refractivity contribution in [3.63, 3.8) is 0 Å². The summed E-state index contributed by atoms with van der Waals surface area (Å²) in [6, 6.07) is 0. The zero-order valence-electron chi connectivity index (χ0n) is 8.94. The van der Waals surface area contributed by atoms with Crippen LogP contribution in [0, 0.1) is 5.41 Å². The van der Waals surface area contributed by atoms with Crippen LogP contribution in [0.15, 0.2) is 0 Å². The second kappa shape index (κ2) is 4.25. The molecule has 0 aliphatic carbocycles. The summed E-state index contributed by atoms with van der Waals surface area (Å²) in [5.41, 5.74) is -0.737. The summed E-state index contributed by atoms with van der Waals surface area (Å²) in [4.78, 5) is 11.3. The smallest absolute Gasteiger partial charge is 0.314 e. The number of hydrogen-bond donors (Lipinski definition) is 3. The number of hydrogen-bond acceptors (Lipinski definition) is 5. The fourth-order valence-corrected chi connectivity index (χ4v) is 0.742. The van der Waals surface area contributed by atoms with Gasteiger partial charge in [-0.2, -0.15) is 0 Å². The molecule has 0 radical (unpaired) electrons. The van der Waals surface area contributed by atoms with Gasteiger partial charge in [0.1, 0.15) is 0 Å². The molecule has 0 spiro atoms. The quantitative estimate of drug-likeness (QED) is 0.446. The van der Waals surface area contributed by atoms with Crippen LogP contribution in [-0.4, -0.2) is 33.4 Å². The molecule has 5 heteroatoms. The molecule has 0 rings (SSSR count). The fraction of sp³-hybridized carbons (Fsp3) is 0.889. The minimum atomic E-state index is -2.98. The Kier molecular flexibility index (Phi) is 4.05. The minimum Gasteiger partial charge on any atom is -0.453 e. The van der Waals surface area contributed by atoms with E-state index in [-0.39, 0.29) is 6.42 Å². The van der Waals surface area contributed by atoms with Crippen molar-refractivity contribution in [1.29, 1.82) is 0 Å². The van der Waals surface area contributed by atoms with Crippen LogP contribution in [-0.2, 0) is 9.53 Å². The summed E-state index contributed by atoms with van der Waals surface area (Å²) in [6.45, 7) is 6.47. The summed E-state index contributed by atoms with van der Waals surface area (Å²) in [5.74, 6) is -3.57.